The average Bonchev–Trinajstić information content (AvgIpc) is 2.66. The van der Waals surface area contributed by atoms with Gasteiger partial charge in [-0.25, -0.2) is 12.8 Å². The minimum atomic E-state index is -3.95. The molecule has 29 heavy (non-hydrogen) atoms. The highest BCUT2D eigenvalue weighted by Gasteiger charge is 2.30. The minimum Gasteiger partial charge on any atom is -0.379 e. The number of nitrogens with zero attached hydrogens (tertiary/aromatic N) is 1. The van der Waals surface area contributed by atoms with Crippen molar-refractivity contribution in [2.45, 2.75) is 11.8 Å². The number of hydrogen-bond donors (Lipinski definition) is 1. The summed E-state index contributed by atoms with van der Waals surface area (Å²) < 4.78 is 45.9. The number of sulfonamides is 1. The molecular weight excluding hydrogens is 466 g/mol. The first-order chi connectivity index (χ1) is 13.6. The summed E-state index contributed by atoms with van der Waals surface area (Å²) in [6.07, 6.45) is 0. The van der Waals surface area contributed by atoms with E-state index in [0.29, 0.717) is 0 Å². The second-order valence-electron chi connectivity index (χ2n) is 6.32. The minimum absolute atomic E-state index is 0.0293. The van der Waals surface area contributed by atoms with Crippen molar-refractivity contribution in [2.75, 3.05) is 31.6 Å². The number of aryl methyl sites for hydroxylation is 1. The Hall–Kier alpha value is -1.42. The van der Waals surface area contributed by atoms with E-state index < -0.39 is 21.7 Å². The van der Waals surface area contributed by atoms with Gasteiger partial charge in [0, 0.05) is 18.8 Å². The monoisotopic (exact) mass is 480 g/mol. The van der Waals surface area contributed by atoms with Crippen molar-refractivity contribution in [3.63, 3.8) is 0 Å². The maximum atomic E-state index is 13.7. The van der Waals surface area contributed by atoms with E-state index >= 15 is 0 Å². The fourth-order valence-electron chi connectivity index (χ4n) is 2.82. The summed E-state index contributed by atoms with van der Waals surface area (Å²) in [6.45, 7) is 2.39. The van der Waals surface area contributed by atoms with E-state index in [1.165, 1.54) is 29.4 Å². The van der Waals surface area contributed by atoms with Crippen LogP contribution in [0.2, 0.25) is 15.1 Å². The molecule has 1 heterocycles. The summed E-state index contributed by atoms with van der Waals surface area (Å²) in [7, 11) is -3.95. The lowest BCUT2D eigenvalue weighted by molar-refractivity contribution is 0.0730. The Kier molecular flexibility index (Phi) is 6.72. The molecule has 0 unspecified atom stereocenters. The highest BCUT2D eigenvalue weighted by molar-refractivity contribution is 7.89. The number of halogens is 4. The van der Waals surface area contributed by atoms with Gasteiger partial charge < -0.3 is 10.1 Å². The van der Waals surface area contributed by atoms with Crippen LogP contribution in [0, 0.1) is 12.7 Å². The Morgan fingerprint density at radius 1 is 1.07 bits per heavy atom. The molecule has 1 aliphatic heterocycles. The van der Waals surface area contributed by atoms with Crippen LogP contribution in [0.1, 0.15) is 15.9 Å². The third kappa shape index (κ3) is 4.68. The molecule has 3 rings (SSSR count). The number of amides is 1. The molecule has 2 aromatic rings. The Morgan fingerprint density at radius 3 is 2.34 bits per heavy atom. The summed E-state index contributed by atoms with van der Waals surface area (Å²) in [5.41, 5.74) is 0.383. The first kappa shape index (κ1) is 22.3. The molecule has 0 atom stereocenters. The largest absolute Gasteiger partial charge is 0.379 e. The molecule has 1 N–H and O–H groups in total. The second-order valence-corrected chi connectivity index (χ2v) is 9.45. The number of hydrogen-bond acceptors (Lipinski definition) is 4. The number of nitrogens with one attached hydrogen (secondary N) is 1. The van der Waals surface area contributed by atoms with Gasteiger partial charge in [-0.15, -0.1) is 0 Å². The van der Waals surface area contributed by atoms with Crippen LogP contribution in [0.3, 0.4) is 0 Å². The molecule has 0 spiro atoms. The zero-order chi connectivity index (χ0) is 21.3. The van der Waals surface area contributed by atoms with Crippen LogP contribution in [-0.2, 0) is 14.8 Å². The van der Waals surface area contributed by atoms with E-state index in [0.717, 1.165) is 6.07 Å². The third-order valence-corrected chi connectivity index (χ3v) is 7.27. The SMILES string of the molecule is Cc1cc(NC(=O)c2cc(S(=O)(=O)N3CCOCC3)c(Cl)cc2Cl)cc(Cl)c1F. The first-order valence-electron chi connectivity index (χ1n) is 8.45. The molecule has 1 fully saturated rings. The number of morpholine rings is 1. The topological polar surface area (TPSA) is 75.7 Å². The van der Waals surface area contributed by atoms with Gasteiger partial charge in [0.15, 0.2) is 0 Å². The van der Waals surface area contributed by atoms with Crippen molar-refractivity contribution >= 4 is 56.4 Å². The summed E-state index contributed by atoms with van der Waals surface area (Å²) in [6, 6.07) is 4.97. The number of anilines is 1. The maximum Gasteiger partial charge on any atom is 0.257 e. The van der Waals surface area contributed by atoms with Gasteiger partial charge in [0.05, 0.1) is 33.8 Å². The zero-order valence-corrected chi connectivity index (χ0v) is 18.2. The normalized spacial score (nSPS) is 15.3. The number of rotatable bonds is 4. The van der Waals surface area contributed by atoms with Gasteiger partial charge in [0.25, 0.3) is 5.91 Å². The third-order valence-electron chi connectivity index (χ3n) is 4.32. The van der Waals surface area contributed by atoms with Gasteiger partial charge in [0.1, 0.15) is 10.7 Å². The molecule has 0 bridgehead atoms. The molecule has 0 saturated carbocycles. The van der Waals surface area contributed by atoms with E-state index in [-0.39, 0.29) is 63.1 Å². The van der Waals surface area contributed by atoms with E-state index in [4.69, 9.17) is 39.5 Å². The number of carbonyl (C=O) groups is 1. The van der Waals surface area contributed by atoms with Crippen LogP contribution in [-0.4, -0.2) is 44.9 Å². The van der Waals surface area contributed by atoms with E-state index in [1.54, 1.807) is 0 Å². The van der Waals surface area contributed by atoms with E-state index in [2.05, 4.69) is 5.32 Å². The van der Waals surface area contributed by atoms with Crippen molar-refractivity contribution < 1.29 is 22.3 Å². The summed E-state index contributed by atoms with van der Waals surface area (Å²) in [5.74, 6) is -1.28. The Morgan fingerprint density at radius 2 is 1.72 bits per heavy atom. The Bertz CT molecular complexity index is 1050. The van der Waals surface area contributed by atoms with Crippen LogP contribution < -0.4 is 5.32 Å². The molecule has 11 heteroatoms. The highest BCUT2D eigenvalue weighted by atomic mass is 35.5. The quantitative estimate of drug-likeness (QED) is 0.704. The molecule has 1 amide bonds. The molecule has 156 valence electrons. The van der Waals surface area contributed by atoms with Crippen molar-refractivity contribution in [1.82, 2.24) is 4.31 Å². The predicted octanol–water partition coefficient (Wildman–Crippen LogP) is 4.37. The fraction of sp³-hybridized carbons (Fsp3) is 0.278. The van der Waals surface area contributed by atoms with Crippen LogP contribution in [0.15, 0.2) is 29.2 Å². The van der Waals surface area contributed by atoms with Crippen LogP contribution in [0.25, 0.3) is 0 Å². The molecule has 2 aromatic carbocycles. The van der Waals surface area contributed by atoms with E-state index in [1.807, 2.05) is 0 Å². The smallest absolute Gasteiger partial charge is 0.257 e. The van der Waals surface area contributed by atoms with Gasteiger partial charge in [-0.3, -0.25) is 4.79 Å². The van der Waals surface area contributed by atoms with Gasteiger partial charge >= 0.3 is 0 Å². The lowest BCUT2D eigenvalue weighted by atomic mass is 10.1. The van der Waals surface area contributed by atoms with Crippen molar-refractivity contribution in [2.24, 2.45) is 0 Å². The lowest BCUT2D eigenvalue weighted by Gasteiger charge is -2.26. The van der Waals surface area contributed by atoms with Crippen LogP contribution in [0.5, 0.6) is 0 Å². The molecule has 0 radical (unpaired) electrons. The zero-order valence-electron chi connectivity index (χ0n) is 15.1. The number of ether oxygens (including phenoxy) is 1. The highest BCUT2D eigenvalue weighted by Crippen LogP contribution is 2.32. The molecule has 0 aliphatic carbocycles. The predicted molar refractivity (Wildman–Crippen MR) is 110 cm³/mol. The summed E-state index contributed by atoms with van der Waals surface area (Å²) >= 11 is 18.1. The molecular formula is C18H16Cl3FN2O4S. The molecule has 1 saturated heterocycles. The molecule has 6 nitrogen and oxygen atoms in total. The van der Waals surface area contributed by atoms with Gasteiger partial charge in [0.2, 0.25) is 10.0 Å². The van der Waals surface area contributed by atoms with E-state index in [9.17, 15) is 17.6 Å². The molecule has 1 aliphatic rings. The number of benzene rings is 2. The summed E-state index contributed by atoms with van der Waals surface area (Å²) in [4.78, 5) is 12.5. The standard InChI is InChI=1S/C18H16Cl3FN2O4S/c1-10-6-11(7-15(21)17(10)22)23-18(25)12-8-16(14(20)9-13(12)19)29(26,27)24-2-4-28-5-3-24/h6-9H,2-5H2,1H3,(H,23,25). The Balaban J connectivity index is 1.96. The Labute approximate surface area is 182 Å². The summed E-state index contributed by atoms with van der Waals surface area (Å²) in [5, 5.41) is 2.26. The molecule has 0 aromatic heterocycles. The second kappa shape index (κ2) is 8.75. The van der Waals surface area contributed by atoms with Crippen molar-refractivity contribution in [1.29, 1.82) is 0 Å². The van der Waals surface area contributed by atoms with Crippen LogP contribution >= 0.6 is 34.8 Å². The fourth-order valence-corrected chi connectivity index (χ4v) is 5.33. The van der Waals surface area contributed by atoms with Crippen LogP contribution in [0.4, 0.5) is 10.1 Å². The average molecular weight is 482 g/mol. The maximum absolute atomic E-state index is 13.7. The van der Waals surface area contributed by atoms with Crippen molar-refractivity contribution in [3.05, 3.63) is 56.3 Å². The van der Waals surface area contributed by atoms with Gasteiger partial charge in [-0.2, -0.15) is 4.31 Å². The first-order valence-corrected chi connectivity index (χ1v) is 11.0. The van der Waals surface area contributed by atoms with Gasteiger partial charge in [-0.1, -0.05) is 34.8 Å². The lowest BCUT2D eigenvalue weighted by Crippen LogP contribution is -2.40. The number of carbonyl (C=O) groups excluding carboxylic acids is 1. The van der Waals surface area contributed by atoms with Crippen molar-refractivity contribution in [3.8, 4) is 0 Å². The van der Waals surface area contributed by atoms with Gasteiger partial charge in [-0.05, 0) is 36.8 Å².